The Hall–Kier alpha value is -4.27. The van der Waals surface area contributed by atoms with E-state index in [9.17, 15) is 14.0 Å². The van der Waals surface area contributed by atoms with E-state index in [1.165, 1.54) is 19.1 Å². The summed E-state index contributed by atoms with van der Waals surface area (Å²) < 4.78 is 20.8. The lowest BCUT2D eigenvalue weighted by Crippen LogP contribution is -2.48. The Morgan fingerprint density at radius 2 is 1.57 bits per heavy atom. The Morgan fingerprint density at radius 3 is 2.20 bits per heavy atom. The van der Waals surface area contributed by atoms with Gasteiger partial charge in [-0.1, -0.05) is 0 Å². The summed E-state index contributed by atoms with van der Waals surface area (Å²) >= 11 is 0. The smallest absolute Gasteiger partial charge is 0.308 e. The number of benzene rings is 2. The number of nitrogens with zero attached hydrogens (tertiary/aromatic N) is 5. The Bertz CT molecular complexity index is 1390. The average molecular weight is 474 g/mol. The zero-order chi connectivity index (χ0) is 24.5. The van der Waals surface area contributed by atoms with Crippen molar-refractivity contribution in [3.8, 4) is 28.3 Å². The first-order chi connectivity index (χ1) is 16.9. The number of piperazine rings is 1. The van der Waals surface area contributed by atoms with Crippen LogP contribution in [0.25, 0.3) is 28.2 Å². The minimum absolute atomic E-state index is 0.0645. The lowest BCUT2D eigenvalue weighted by Gasteiger charge is -2.34. The van der Waals surface area contributed by atoms with E-state index in [0.29, 0.717) is 43.3 Å². The maximum absolute atomic E-state index is 13.7. The highest BCUT2D eigenvalue weighted by Crippen LogP contribution is 2.36. The summed E-state index contributed by atoms with van der Waals surface area (Å²) in [5.41, 5.74) is 3.78. The van der Waals surface area contributed by atoms with E-state index < -0.39 is 0 Å². The molecule has 4 aromatic rings. The van der Waals surface area contributed by atoms with Crippen molar-refractivity contribution in [1.29, 1.82) is 0 Å². The van der Waals surface area contributed by atoms with Crippen molar-refractivity contribution in [3.05, 3.63) is 66.7 Å². The van der Waals surface area contributed by atoms with E-state index in [4.69, 9.17) is 9.72 Å². The summed E-state index contributed by atoms with van der Waals surface area (Å²) in [5.74, 6) is 0.524. The highest BCUT2D eigenvalue weighted by Gasteiger charge is 2.24. The van der Waals surface area contributed by atoms with E-state index >= 15 is 0 Å². The van der Waals surface area contributed by atoms with Gasteiger partial charge in [0.2, 0.25) is 5.91 Å². The number of fused-ring (bicyclic) bond motifs is 1. The second-order valence-electron chi connectivity index (χ2n) is 8.37. The molecule has 1 aliphatic heterocycles. The Balaban J connectivity index is 1.63. The first kappa shape index (κ1) is 22.5. The molecule has 0 unspecified atom stereocenters. The Morgan fingerprint density at radius 1 is 0.914 bits per heavy atom. The third kappa shape index (κ3) is 4.44. The minimum atomic E-state index is -0.389. The van der Waals surface area contributed by atoms with Gasteiger partial charge in [0, 0.05) is 63.5 Å². The number of ether oxygens (including phenoxy) is 1. The van der Waals surface area contributed by atoms with Gasteiger partial charge in [0.1, 0.15) is 11.6 Å². The molecule has 0 bridgehead atoms. The molecule has 9 heteroatoms. The number of hydrogen-bond donors (Lipinski definition) is 0. The third-order valence-corrected chi connectivity index (χ3v) is 6.06. The van der Waals surface area contributed by atoms with Crippen LogP contribution in [0.3, 0.4) is 0 Å². The van der Waals surface area contributed by atoms with Gasteiger partial charge in [-0.25, -0.2) is 14.4 Å². The number of aromatic nitrogens is 3. The van der Waals surface area contributed by atoms with Gasteiger partial charge in [-0.05, 0) is 48.5 Å². The van der Waals surface area contributed by atoms with Crippen molar-refractivity contribution in [2.45, 2.75) is 13.8 Å². The number of anilines is 1. The number of halogens is 1. The normalized spacial score (nSPS) is 13.8. The summed E-state index contributed by atoms with van der Waals surface area (Å²) in [6.45, 7) is 5.48. The number of imidazole rings is 1. The van der Waals surface area contributed by atoms with Crippen LogP contribution in [0.1, 0.15) is 13.8 Å². The maximum atomic E-state index is 13.7. The monoisotopic (exact) mass is 473 g/mol. The summed E-state index contributed by atoms with van der Waals surface area (Å²) in [5, 5.41) is 0. The topological polar surface area (TPSA) is 80.0 Å². The molecule has 1 fully saturated rings. The molecule has 0 radical (unpaired) electrons. The minimum Gasteiger partial charge on any atom is -0.427 e. The van der Waals surface area contributed by atoms with Crippen LogP contribution in [-0.4, -0.2) is 57.3 Å². The van der Waals surface area contributed by atoms with E-state index in [-0.39, 0.29) is 17.7 Å². The highest BCUT2D eigenvalue weighted by atomic mass is 19.1. The molecule has 0 saturated carbocycles. The Labute approximate surface area is 201 Å². The van der Waals surface area contributed by atoms with Crippen LogP contribution in [-0.2, 0) is 9.59 Å². The third-order valence-electron chi connectivity index (χ3n) is 6.06. The van der Waals surface area contributed by atoms with Gasteiger partial charge in [0.15, 0.2) is 11.5 Å². The maximum Gasteiger partial charge on any atom is 0.308 e. The van der Waals surface area contributed by atoms with Crippen molar-refractivity contribution >= 4 is 23.3 Å². The van der Waals surface area contributed by atoms with E-state index in [0.717, 1.165) is 22.6 Å². The molecule has 1 saturated heterocycles. The molecule has 0 N–H and O–H groups in total. The lowest BCUT2D eigenvalue weighted by atomic mass is 10.0. The largest absolute Gasteiger partial charge is 0.427 e. The molecule has 1 aliphatic rings. The molecule has 2 aromatic carbocycles. The number of carbonyl (C=O) groups excluding carboxylic acids is 2. The molecule has 8 nitrogen and oxygen atoms in total. The lowest BCUT2D eigenvalue weighted by molar-refractivity contribution is -0.132. The first-order valence-corrected chi connectivity index (χ1v) is 11.3. The molecular formula is C26H24FN5O3. The molecular weight excluding hydrogens is 449 g/mol. The van der Waals surface area contributed by atoms with Gasteiger partial charge in [0.25, 0.3) is 0 Å². The average Bonchev–Trinajstić information content (AvgIpc) is 3.24. The molecule has 5 rings (SSSR count). The summed E-state index contributed by atoms with van der Waals surface area (Å²) in [6.07, 6.45) is 3.58. The van der Waals surface area contributed by atoms with Crippen molar-refractivity contribution in [3.63, 3.8) is 0 Å². The highest BCUT2D eigenvalue weighted by molar-refractivity contribution is 5.85. The SMILES string of the molecule is CC(=O)Oc1ccc(-c2c(-c3ccc(F)cc3)nc3c(N4CCN(C(C)=O)CC4)nccn23)cc1. The van der Waals surface area contributed by atoms with Gasteiger partial charge in [-0.15, -0.1) is 0 Å². The zero-order valence-corrected chi connectivity index (χ0v) is 19.4. The predicted molar refractivity (Wildman–Crippen MR) is 130 cm³/mol. The van der Waals surface area contributed by atoms with Crippen molar-refractivity contribution in [2.24, 2.45) is 0 Å². The fourth-order valence-corrected chi connectivity index (χ4v) is 4.35. The zero-order valence-electron chi connectivity index (χ0n) is 19.4. The van der Waals surface area contributed by atoms with E-state index in [2.05, 4.69) is 9.88 Å². The molecule has 0 spiro atoms. The van der Waals surface area contributed by atoms with Gasteiger partial charge < -0.3 is 14.5 Å². The van der Waals surface area contributed by atoms with Gasteiger partial charge >= 0.3 is 5.97 Å². The predicted octanol–water partition coefficient (Wildman–Crippen LogP) is 3.80. The van der Waals surface area contributed by atoms with Crippen LogP contribution in [0, 0.1) is 5.82 Å². The van der Waals surface area contributed by atoms with Crippen molar-refractivity contribution in [2.75, 3.05) is 31.1 Å². The van der Waals surface area contributed by atoms with Crippen molar-refractivity contribution in [1.82, 2.24) is 19.3 Å². The fraction of sp³-hybridized carbons (Fsp3) is 0.231. The van der Waals surface area contributed by atoms with Gasteiger partial charge in [0.05, 0.1) is 11.4 Å². The van der Waals surface area contributed by atoms with Gasteiger partial charge in [-0.3, -0.25) is 14.0 Å². The second kappa shape index (κ2) is 9.17. The molecule has 3 heterocycles. The number of amides is 1. The number of rotatable bonds is 4. The van der Waals surface area contributed by atoms with Crippen LogP contribution in [0.2, 0.25) is 0 Å². The van der Waals surface area contributed by atoms with Gasteiger partial charge in [-0.2, -0.15) is 0 Å². The first-order valence-electron chi connectivity index (χ1n) is 11.3. The fourth-order valence-electron chi connectivity index (χ4n) is 4.35. The van der Waals surface area contributed by atoms with Crippen molar-refractivity contribution < 1.29 is 18.7 Å². The van der Waals surface area contributed by atoms with Crippen LogP contribution in [0.15, 0.2) is 60.9 Å². The molecule has 1 amide bonds. The van der Waals surface area contributed by atoms with Crippen LogP contribution in [0.5, 0.6) is 5.75 Å². The summed E-state index contributed by atoms with van der Waals surface area (Å²) in [7, 11) is 0. The van der Waals surface area contributed by atoms with Crippen LogP contribution < -0.4 is 9.64 Å². The summed E-state index contributed by atoms with van der Waals surface area (Å²) in [4.78, 5) is 36.6. The molecule has 0 aliphatic carbocycles. The number of carbonyl (C=O) groups is 2. The number of hydrogen-bond acceptors (Lipinski definition) is 6. The standard InChI is InChI=1S/C26H24FN5O3/c1-17(33)30-13-15-31(16-14-30)25-26-29-23(19-3-7-21(27)8-4-19)24(32(26)12-11-28-25)20-5-9-22(10-6-20)35-18(2)34/h3-12H,13-16H2,1-2H3. The molecule has 2 aromatic heterocycles. The number of esters is 1. The quantitative estimate of drug-likeness (QED) is 0.331. The van der Waals surface area contributed by atoms with Crippen LogP contribution >= 0.6 is 0 Å². The molecule has 35 heavy (non-hydrogen) atoms. The van der Waals surface area contributed by atoms with E-state index in [1.807, 2.05) is 27.6 Å². The van der Waals surface area contributed by atoms with E-state index in [1.54, 1.807) is 37.4 Å². The second-order valence-corrected chi connectivity index (χ2v) is 8.37. The Kier molecular flexibility index (Phi) is 5.90. The summed E-state index contributed by atoms with van der Waals surface area (Å²) in [6, 6.07) is 13.4. The van der Waals surface area contributed by atoms with Crippen LogP contribution in [0.4, 0.5) is 10.2 Å². The molecule has 0 atom stereocenters. The molecule has 178 valence electrons.